The van der Waals surface area contributed by atoms with Gasteiger partial charge in [-0.15, -0.1) is 0 Å². The third-order valence-corrected chi connectivity index (χ3v) is 5.76. The molecule has 0 bridgehead atoms. The van der Waals surface area contributed by atoms with Crippen molar-refractivity contribution >= 4 is 11.0 Å². The van der Waals surface area contributed by atoms with Crippen molar-refractivity contribution in [2.45, 2.75) is 25.3 Å². The zero-order valence-electron chi connectivity index (χ0n) is 17.2. The second-order valence-electron chi connectivity index (χ2n) is 7.70. The highest BCUT2D eigenvalue weighted by Gasteiger charge is 2.19. The van der Waals surface area contributed by atoms with Gasteiger partial charge in [-0.25, -0.2) is 9.18 Å². The zero-order valence-corrected chi connectivity index (χ0v) is 17.2. The van der Waals surface area contributed by atoms with Crippen LogP contribution >= 0.6 is 0 Å². The summed E-state index contributed by atoms with van der Waals surface area (Å²) in [6, 6.07) is 13.8. The minimum absolute atomic E-state index is 0.337. The first-order valence-electron chi connectivity index (χ1n) is 10.5. The van der Waals surface area contributed by atoms with Crippen LogP contribution in [0.4, 0.5) is 4.39 Å². The van der Waals surface area contributed by atoms with Crippen molar-refractivity contribution in [3.63, 3.8) is 0 Å². The SMILES string of the molecule is CNC1CCN(CCCOc2c(-c3ccc(F)cc3)c(=O)oc3ccccc23)CC1. The minimum atomic E-state index is -0.482. The van der Waals surface area contributed by atoms with Gasteiger partial charge in [0.15, 0.2) is 0 Å². The molecule has 5 nitrogen and oxygen atoms in total. The van der Waals surface area contributed by atoms with E-state index in [2.05, 4.69) is 10.2 Å². The fraction of sp³-hybridized carbons (Fsp3) is 0.375. The third-order valence-electron chi connectivity index (χ3n) is 5.76. The van der Waals surface area contributed by atoms with Crippen molar-refractivity contribution < 1.29 is 13.5 Å². The molecule has 158 valence electrons. The second kappa shape index (κ2) is 9.41. The summed E-state index contributed by atoms with van der Waals surface area (Å²) in [5.41, 5.74) is 0.922. The number of hydrogen-bond donors (Lipinski definition) is 1. The molecule has 1 aromatic heterocycles. The molecule has 30 heavy (non-hydrogen) atoms. The van der Waals surface area contributed by atoms with Crippen molar-refractivity contribution in [3.8, 4) is 16.9 Å². The molecular formula is C24H27FN2O3. The Morgan fingerprint density at radius 1 is 1.13 bits per heavy atom. The third kappa shape index (κ3) is 4.55. The van der Waals surface area contributed by atoms with Crippen LogP contribution in [-0.4, -0.2) is 44.2 Å². The lowest BCUT2D eigenvalue weighted by Crippen LogP contribution is -2.41. The van der Waals surface area contributed by atoms with Crippen LogP contribution < -0.4 is 15.7 Å². The number of para-hydroxylation sites is 1. The molecular weight excluding hydrogens is 383 g/mol. The van der Waals surface area contributed by atoms with Gasteiger partial charge in [0.2, 0.25) is 0 Å². The Kier molecular flexibility index (Phi) is 6.45. The Balaban J connectivity index is 1.52. The summed E-state index contributed by atoms with van der Waals surface area (Å²) in [4.78, 5) is 15.2. The van der Waals surface area contributed by atoms with Crippen LogP contribution in [0.1, 0.15) is 19.3 Å². The van der Waals surface area contributed by atoms with Gasteiger partial charge in [-0.3, -0.25) is 0 Å². The first-order chi connectivity index (χ1) is 14.7. The zero-order chi connectivity index (χ0) is 20.9. The van der Waals surface area contributed by atoms with Crippen molar-refractivity contribution in [2.24, 2.45) is 0 Å². The average molecular weight is 410 g/mol. The van der Waals surface area contributed by atoms with E-state index in [0.29, 0.717) is 35.1 Å². The molecule has 1 saturated heterocycles. The number of piperidine rings is 1. The standard InChI is InChI=1S/C24H27FN2O3/c1-26-19-11-14-27(15-12-19)13-4-16-29-23-20-5-2-3-6-21(20)30-24(28)22(23)17-7-9-18(25)10-8-17/h2-3,5-10,19,26H,4,11-16H2,1H3. The number of halogens is 1. The number of ether oxygens (including phenoxy) is 1. The summed E-state index contributed by atoms with van der Waals surface area (Å²) in [6.07, 6.45) is 3.19. The lowest BCUT2D eigenvalue weighted by molar-refractivity contribution is 0.185. The maximum Gasteiger partial charge on any atom is 0.347 e. The van der Waals surface area contributed by atoms with Crippen LogP contribution in [-0.2, 0) is 0 Å². The van der Waals surface area contributed by atoms with Gasteiger partial charge in [0.25, 0.3) is 0 Å². The van der Waals surface area contributed by atoms with Gasteiger partial charge >= 0.3 is 5.63 Å². The van der Waals surface area contributed by atoms with Crippen LogP contribution in [0, 0.1) is 5.82 Å². The molecule has 0 saturated carbocycles. The Labute approximate surface area is 175 Å². The highest BCUT2D eigenvalue weighted by atomic mass is 19.1. The Morgan fingerprint density at radius 3 is 2.60 bits per heavy atom. The Hall–Kier alpha value is -2.70. The molecule has 0 atom stereocenters. The van der Waals surface area contributed by atoms with Gasteiger partial charge in [0, 0.05) is 12.6 Å². The molecule has 0 spiro atoms. The molecule has 1 fully saturated rings. The molecule has 2 aromatic carbocycles. The van der Waals surface area contributed by atoms with Gasteiger partial charge in [0.05, 0.1) is 12.0 Å². The number of fused-ring (bicyclic) bond motifs is 1. The lowest BCUT2D eigenvalue weighted by Gasteiger charge is -2.31. The van der Waals surface area contributed by atoms with E-state index in [9.17, 15) is 9.18 Å². The molecule has 3 aromatic rings. The van der Waals surface area contributed by atoms with Crippen LogP contribution in [0.2, 0.25) is 0 Å². The van der Waals surface area contributed by atoms with E-state index in [1.165, 1.54) is 12.1 Å². The monoisotopic (exact) mass is 410 g/mol. The number of likely N-dealkylation sites (tertiary alicyclic amines) is 1. The molecule has 1 aliphatic heterocycles. The molecule has 4 rings (SSSR count). The molecule has 1 N–H and O–H groups in total. The van der Waals surface area contributed by atoms with Gasteiger partial charge in [-0.1, -0.05) is 24.3 Å². The molecule has 0 aliphatic carbocycles. The van der Waals surface area contributed by atoms with Crippen LogP contribution in [0.3, 0.4) is 0 Å². The fourth-order valence-electron chi connectivity index (χ4n) is 4.04. The maximum absolute atomic E-state index is 13.4. The molecule has 0 amide bonds. The molecule has 2 heterocycles. The van der Waals surface area contributed by atoms with E-state index in [1.54, 1.807) is 18.2 Å². The summed E-state index contributed by atoms with van der Waals surface area (Å²) in [7, 11) is 2.02. The number of nitrogens with one attached hydrogen (secondary N) is 1. The van der Waals surface area contributed by atoms with E-state index in [4.69, 9.17) is 9.15 Å². The van der Waals surface area contributed by atoms with Crippen LogP contribution in [0.15, 0.2) is 57.7 Å². The predicted octanol–water partition coefficient (Wildman–Crippen LogP) is 4.05. The fourth-order valence-corrected chi connectivity index (χ4v) is 4.04. The number of hydrogen-bond acceptors (Lipinski definition) is 5. The Bertz CT molecular complexity index is 1040. The van der Waals surface area contributed by atoms with Crippen LogP contribution in [0.5, 0.6) is 5.75 Å². The highest BCUT2D eigenvalue weighted by Crippen LogP contribution is 2.34. The molecule has 0 unspecified atom stereocenters. The molecule has 1 aliphatic rings. The van der Waals surface area contributed by atoms with Gasteiger partial charge in [-0.2, -0.15) is 0 Å². The quantitative estimate of drug-likeness (QED) is 0.470. The topological polar surface area (TPSA) is 54.7 Å². The first kappa shape index (κ1) is 20.6. The van der Waals surface area contributed by atoms with Gasteiger partial charge in [0.1, 0.15) is 22.7 Å². The van der Waals surface area contributed by atoms with E-state index < -0.39 is 5.63 Å². The number of benzene rings is 2. The van der Waals surface area contributed by atoms with Gasteiger partial charge in [-0.05, 0) is 69.2 Å². The van der Waals surface area contributed by atoms with Crippen molar-refractivity contribution in [1.29, 1.82) is 0 Å². The van der Waals surface area contributed by atoms with Crippen molar-refractivity contribution in [2.75, 3.05) is 33.3 Å². The van der Waals surface area contributed by atoms with E-state index in [-0.39, 0.29) is 5.82 Å². The smallest absolute Gasteiger partial charge is 0.347 e. The summed E-state index contributed by atoms with van der Waals surface area (Å²) in [5, 5.41) is 4.09. The van der Waals surface area contributed by atoms with Crippen molar-refractivity contribution in [1.82, 2.24) is 10.2 Å². The minimum Gasteiger partial charge on any atom is -0.492 e. The normalized spacial score (nSPS) is 15.5. The predicted molar refractivity (Wildman–Crippen MR) is 117 cm³/mol. The largest absolute Gasteiger partial charge is 0.492 e. The maximum atomic E-state index is 13.4. The van der Waals surface area contributed by atoms with Crippen molar-refractivity contribution in [3.05, 3.63) is 64.8 Å². The average Bonchev–Trinajstić information content (AvgIpc) is 2.77. The summed E-state index contributed by atoms with van der Waals surface area (Å²) < 4.78 is 25.0. The highest BCUT2D eigenvalue weighted by molar-refractivity contribution is 5.90. The Morgan fingerprint density at radius 2 is 1.87 bits per heavy atom. The van der Waals surface area contributed by atoms with E-state index >= 15 is 0 Å². The van der Waals surface area contributed by atoms with E-state index in [1.807, 2.05) is 25.2 Å². The number of rotatable bonds is 7. The van der Waals surface area contributed by atoms with Gasteiger partial charge < -0.3 is 19.4 Å². The summed E-state index contributed by atoms with van der Waals surface area (Å²) in [6.45, 7) is 3.63. The van der Waals surface area contributed by atoms with E-state index in [0.717, 1.165) is 44.3 Å². The molecule has 0 radical (unpaired) electrons. The summed E-state index contributed by atoms with van der Waals surface area (Å²) >= 11 is 0. The summed E-state index contributed by atoms with van der Waals surface area (Å²) in [5.74, 6) is 0.149. The second-order valence-corrected chi connectivity index (χ2v) is 7.70. The first-order valence-corrected chi connectivity index (χ1v) is 10.5. The lowest BCUT2D eigenvalue weighted by atomic mass is 10.0. The molecule has 6 heteroatoms. The number of nitrogens with zero attached hydrogens (tertiary/aromatic N) is 1. The van der Waals surface area contributed by atoms with Crippen LogP contribution in [0.25, 0.3) is 22.1 Å².